The normalized spacial score (nSPS) is 23.3. The van der Waals surface area contributed by atoms with Crippen molar-refractivity contribution >= 4 is 0 Å². The molecule has 1 fully saturated rings. The second-order valence-electron chi connectivity index (χ2n) is 4.75. The first-order valence-corrected chi connectivity index (χ1v) is 7.74. The van der Waals surface area contributed by atoms with E-state index in [0.29, 0.717) is 66.1 Å². The molecule has 0 unspecified atom stereocenters. The summed E-state index contributed by atoms with van der Waals surface area (Å²) in [4.78, 5) is 2.19. The standard InChI is InChI=1S/C14H30N2O5/c15-2-4-16-3-1-5-17-6-7-18-8-9-19-10-11-20-12-13-21-14-16/h1-15H2. The molecule has 0 amide bonds. The van der Waals surface area contributed by atoms with Gasteiger partial charge in [-0.05, 0) is 6.42 Å². The van der Waals surface area contributed by atoms with Crippen molar-refractivity contribution in [3.63, 3.8) is 0 Å². The molecule has 0 aromatic heterocycles. The van der Waals surface area contributed by atoms with Gasteiger partial charge < -0.3 is 29.4 Å². The van der Waals surface area contributed by atoms with Crippen molar-refractivity contribution in [1.82, 2.24) is 4.90 Å². The zero-order valence-corrected chi connectivity index (χ0v) is 13.0. The molecule has 1 heterocycles. The molecule has 0 atom stereocenters. The summed E-state index contributed by atoms with van der Waals surface area (Å²) in [6, 6.07) is 0. The molecule has 0 aromatic carbocycles. The Morgan fingerprint density at radius 2 is 1.14 bits per heavy atom. The van der Waals surface area contributed by atoms with Crippen molar-refractivity contribution in [3.8, 4) is 0 Å². The molecule has 7 nitrogen and oxygen atoms in total. The van der Waals surface area contributed by atoms with E-state index in [1.807, 2.05) is 0 Å². The zero-order valence-electron chi connectivity index (χ0n) is 13.0. The molecule has 1 aliphatic heterocycles. The van der Waals surface area contributed by atoms with E-state index in [2.05, 4.69) is 4.90 Å². The van der Waals surface area contributed by atoms with E-state index in [1.54, 1.807) is 0 Å². The van der Waals surface area contributed by atoms with Crippen LogP contribution in [0.5, 0.6) is 0 Å². The van der Waals surface area contributed by atoms with Gasteiger partial charge in [-0.2, -0.15) is 0 Å². The Balaban J connectivity index is 2.18. The molecule has 21 heavy (non-hydrogen) atoms. The van der Waals surface area contributed by atoms with Crippen LogP contribution < -0.4 is 5.73 Å². The summed E-state index contributed by atoms with van der Waals surface area (Å²) in [5.74, 6) is 0. The molecule has 126 valence electrons. The van der Waals surface area contributed by atoms with E-state index in [-0.39, 0.29) is 0 Å². The summed E-state index contributed by atoms with van der Waals surface area (Å²) >= 11 is 0. The van der Waals surface area contributed by atoms with Crippen LogP contribution in [0, 0.1) is 0 Å². The highest BCUT2D eigenvalue weighted by molar-refractivity contribution is 4.54. The summed E-state index contributed by atoms with van der Waals surface area (Å²) in [6.45, 7) is 8.44. The van der Waals surface area contributed by atoms with Gasteiger partial charge in [0.15, 0.2) is 0 Å². The van der Waals surface area contributed by atoms with Crippen LogP contribution in [0.3, 0.4) is 0 Å². The van der Waals surface area contributed by atoms with E-state index in [4.69, 9.17) is 29.4 Å². The molecule has 1 saturated heterocycles. The van der Waals surface area contributed by atoms with E-state index in [9.17, 15) is 0 Å². The van der Waals surface area contributed by atoms with Crippen LogP contribution >= 0.6 is 0 Å². The molecule has 0 radical (unpaired) electrons. The van der Waals surface area contributed by atoms with Gasteiger partial charge in [-0.15, -0.1) is 0 Å². The van der Waals surface area contributed by atoms with Gasteiger partial charge in [0.1, 0.15) is 0 Å². The van der Waals surface area contributed by atoms with Gasteiger partial charge in [0.2, 0.25) is 0 Å². The minimum Gasteiger partial charge on any atom is -0.379 e. The van der Waals surface area contributed by atoms with Gasteiger partial charge >= 0.3 is 0 Å². The van der Waals surface area contributed by atoms with Crippen LogP contribution in [0.15, 0.2) is 0 Å². The van der Waals surface area contributed by atoms with Crippen molar-refractivity contribution in [3.05, 3.63) is 0 Å². The van der Waals surface area contributed by atoms with E-state index in [1.165, 1.54) is 0 Å². The lowest BCUT2D eigenvalue weighted by atomic mass is 10.4. The Hall–Kier alpha value is -0.280. The fourth-order valence-electron chi connectivity index (χ4n) is 1.89. The maximum absolute atomic E-state index is 5.61. The van der Waals surface area contributed by atoms with Gasteiger partial charge in [-0.1, -0.05) is 0 Å². The molecule has 7 heteroatoms. The number of hydrogen-bond donors (Lipinski definition) is 1. The third kappa shape index (κ3) is 12.0. The summed E-state index contributed by atoms with van der Waals surface area (Å²) in [5.41, 5.74) is 5.61. The largest absolute Gasteiger partial charge is 0.379 e. The first kappa shape index (κ1) is 18.8. The highest BCUT2D eigenvalue weighted by Gasteiger charge is 2.04. The second kappa shape index (κ2) is 14.6. The minimum atomic E-state index is 0.582. The van der Waals surface area contributed by atoms with Crippen LogP contribution in [0.25, 0.3) is 0 Å². The average Bonchev–Trinajstić information content (AvgIpc) is 2.49. The molecule has 2 N–H and O–H groups in total. The van der Waals surface area contributed by atoms with Crippen molar-refractivity contribution in [1.29, 1.82) is 0 Å². The molecular weight excluding hydrogens is 276 g/mol. The minimum absolute atomic E-state index is 0.582. The monoisotopic (exact) mass is 306 g/mol. The third-order valence-corrected chi connectivity index (χ3v) is 2.97. The Morgan fingerprint density at radius 3 is 1.67 bits per heavy atom. The van der Waals surface area contributed by atoms with Crippen LogP contribution in [-0.4, -0.2) is 90.7 Å². The third-order valence-electron chi connectivity index (χ3n) is 2.97. The zero-order chi connectivity index (χ0) is 15.0. The average molecular weight is 306 g/mol. The molecule has 0 saturated carbocycles. The summed E-state index contributed by atoms with van der Waals surface area (Å²) < 4.78 is 27.3. The highest BCUT2D eigenvalue weighted by atomic mass is 16.6. The van der Waals surface area contributed by atoms with Crippen LogP contribution in [0.2, 0.25) is 0 Å². The molecular formula is C14H30N2O5. The maximum Gasteiger partial charge on any atom is 0.0991 e. The van der Waals surface area contributed by atoms with Gasteiger partial charge in [0.05, 0.1) is 59.6 Å². The fourth-order valence-corrected chi connectivity index (χ4v) is 1.89. The summed E-state index contributed by atoms with van der Waals surface area (Å²) in [6.07, 6.45) is 0.961. The Morgan fingerprint density at radius 1 is 0.667 bits per heavy atom. The number of nitrogens with two attached hydrogens (primary N) is 1. The van der Waals surface area contributed by atoms with Crippen LogP contribution in [-0.2, 0) is 23.7 Å². The van der Waals surface area contributed by atoms with E-state index >= 15 is 0 Å². The molecule has 0 spiro atoms. The first-order chi connectivity index (χ1) is 10.4. The van der Waals surface area contributed by atoms with E-state index in [0.717, 1.165) is 26.1 Å². The lowest BCUT2D eigenvalue weighted by Gasteiger charge is -2.21. The van der Waals surface area contributed by atoms with Crippen molar-refractivity contribution in [2.75, 3.05) is 85.8 Å². The molecule has 1 aliphatic rings. The summed E-state index contributed by atoms with van der Waals surface area (Å²) in [7, 11) is 0. The van der Waals surface area contributed by atoms with Crippen molar-refractivity contribution in [2.24, 2.45) is 5.73 Å². The van der Waals surface area contributed by atoms with E-state index < -0.39 is 0 Å². The van der Waals surface area contributed by atoms with Crippen molar-refractivity contribution < 1.29 is 23.7 Å². The Kier molecular flexibility index (Phi) is 13.1. The predicted molar refractivity (Wildman–Crippen MR) is 79.3 cm³/mol. The number of hydrogen-bond acceptors (Lipinski definition) is 7. The van der Waals surface area contributed by atoms with Crippen LogP contribution in [0.4, 0.5) is 0 Å². The Bertz CT molecular complexity index is 204. The van der Waals surface area contributed by atoms with Crippen molar-refractivity contribution in [2.45, 2.75) is 6.42 Å². The lowest BCUT2D eigenvalue weighted by molar-refractivity contribution is -0.0319. The second-order valence-corrected chi connectivity index (χ2v) is 4.75. The molecule has 0 aliphatic carbocycles. The smallest absolute Gasteiger partial charge is 0.0991 e. The molecule has 0 aromatic rings. The number of rotatable bonds is 2. The van der Waals surface area contributed by atoms with Gasteiger partial charge in [0, 0.05) is 26.2 Å². The van der Waals surface area contributed by atoms with Gasteiger partial charge in [0.25, 0.3) is 0 Å². The topological polar surface area (TPSA) is 75.4 Å². The lowest BCUT2D eigenvalue weighted by Crippen LogP contribution is -2.33. The number of ether oxygens (including phenoxy) is 5. The predicted octanol–water partition coefficient (Wildman–Crippen LogP) is -0.309. The Labute approximate surface area is 127 Å². The maximum atomic E-state index is 5.61. The van der Waals surface area contributed by atoms with Gasteiger partial charge in [-0.25, -0.2) is 0 Å². The van der Waals surface area contributed by atoms with Crippen LogP contribution in [0.1, 0.15) is 6.42 Å². The van der Waals surface area contributed by atoms with Gasteiger partial charge in [-0.3, -0.25) is 4.90 Å². The number of nitrogens with zero attached hydrogens (tertiary/aromatic N) is 1. The quantitative estimate of drug-likeness (QED) is 0.750. The summed E-state index contributed by atoms with van der Waals surface area (Å²) in [5, 5.41) is 0. The SMILES string of the molecule is NCCN1CCCOCCOCCOCCOCCOC1. The first-order valence-electron chi connectivity index (χ1n) is 7.74. The molecule has 1 rings (SSSR count). The highest BCUT2D eigenvalue weighted by Crippen LogP contribution is 1.94. The fraction of sp³-hybridized carbons (Fsp3) is 1.00. The molecule has 0 bridgehead atoms.